The monoisotopic (exact) mass is 1660 g/mol. The molecule has 658 valence electrons. The fraction of sp³-hybridized carbons (Fsp3) is 0.604. The van der Waals surface area contributed by atoms with Crippen LogP contribution in [0.2, 0.25) is 0 Å². The molecule has 0 spiro atoms. The smallest absolute Gasteiger partial charge is 0.339 e. The molecule has 5 heterocycles. The number of phenols is 5. The zero-order chi connectivity index (χ0) is 88.1. The third-order valence-electron chi connectivity index (χ3n) is 28.4. The maximum atomic E-state index is 12.1. The number of aryl methyl sites for hydroxylation is 5. The van der Waals surface area contributed by atoms with Crippen LogP contribution in [0.4, 0.5) is 0 Å². The first-order chi connectivity index (χ1) is 56.4. The minimum atomic E-state index is -1.14. The molecule has 12 N–H and O–H groups in total. The number of hydrogen-bond donors (Lipinski definition) is 12. The second-order valence-electron chi connectivity index (χ2n) is 38.8. The van der Waals surface area contributed by atoms with Crippen LogP contribution < -0.4 is 23.7 Å². The largest absolute Gasteiger partial charge is 0.508 e. The molecule has 5 aromatic carbocycles. The number of rotatable bonds is 21. The van der Waals surface area contributed by atoms with Crippen LogP contribution in [0.1, 0.15) is 339 Å². The van der Waals surface area contributed by atoms with Crippen LogP contribution in [0.5, 0.6) is 57.5 Å². The summed E-state index contributed by atoms with van der Waals surface area (Å²) >= 11 is 0. The number of benzene rings is 5. The van der Waals surface area contributed by atoms with Gasteiger partial charge >= 0.3 is 11.9 Å². The van der Waals surface area contributed by atoms with Gasteiger partial charge in [0.25, 0.3) is 0 Å². The Labute approximate surface area is 712 Å². The van der Waals surface area contributed by atoms with E-state index in [2.05, 4.69) is 73.1 Å². The van der Waals surface area contributed by atoms with Crippen molar-refractivity contribution < 1.29 is 94.6 Å². The average Bonchev–Trinajstić information content (AvgIpc) is 1.58. The minimum absolute atomic E-state index is 0.00748. The highest BCUT2D eigenvalue weighted by Crippen LogP contribution is 2.63. The Hall–Kier alpha value is -8.20. The summed E-state index contributed by atoms with van der Waals surface area (Å²) in [5.41, 5.74) is 7.75. The molecule has 10 aliphatic rings. The van der Waals surface area contributed by atoms with Gasteiger partial charge in [-0.2, -0.15) is 0 Å². The standard InChI is InChI=1S/C22H30O5.C21H30O3.C20H26O5.C19H28O3.C19H26O3/c1-5-6-7-8-13-11-15(23)18-17-14(12(2)3)9-10-22(4,26)20(17)27-19(18)16(13)21(24)25;1-5-6-7-8-14-11-16(22)19-17(12-14)24-20-18(19)15(13(2)3)9-10-21(20,4)23;1-5-6-11-9-13-16(17(21)14(11)19(22)23)15-12(10(2)3)7-8-20(4,24)18(15)25-13;1-5-6-12-9-14(20)17-15(10-12)22-18-11(2)7-8-13(16(17)18)19(3,4)21;1-5-6-12-9-14(20)17-15(10-12)22-18-16(17)13(11(2)3)7-8-19(18,4)21/h11,14,17,20,23,26H,2,5-10H2,1,3-4H3,(H,24,25);11-12,15,18,20,22-23H,2,5-10H2,1,3-4H3;9,12,15,18,21,24H,2,5-8H2,1,3-4H3,(H,22,23);9-11,13,16,18,20-21H,5-8H2,1-4H3;9-10,13,16,18,20-21H,2,5-8H2,1,3-4H3/t14-,17+,20-,22-;15-,18+,20-,21-;12-,15+,18-,20-;;13-,16+,18-,19-/m000.0/s1. The van der Waals surface area contributed by atoms with E-state index >= 15 is 0 Å². The number of carboxylic acids is 2. The van der Waals surface area contributed by atoms with Crippen molar-refractivity contribution >= 4 is 11.9 Å². The minimum Gasteiger partial charge on any atom is -0.508 e. The van der Waals surface area contributed by atoms with E-state index in [1.165, 1.54) is 12.8 Å². The van der Waals surface area contributed by atoms with Gasteiger partial charge in [0.2, 0.25) is 0 Å². The lowest BCUT2D eigenvalue weighted by Gasteiger charge is -2.42. The molecule has 5 aromatic rings. The van der Waals surface area contributed by atoms with E-state index in [1.54, 1.807) is 26.0 Å². The summed E-state index contributed by atoms with van der Waals surface area (Å²) in [5, 5.41) is 127. The summed E-state index contributed by atoms with van der Waals surface area (Å²) < 4.78 is 30.7. The number of ether oxygens (including phenoxy) is 5. The van der Waals surface area contributed by atoms with E-state index in [-0.39, 0.29) is 106 Å². The first-order valence-corrected chi connectivity index (χ1v) is 44.8. The number of allylic oxidation sites excluding steroid dienone is 4. The van der Waals surface area contributed by atoms with Gasteiger partial charge in [0, 0.05) is 57.4 Å². The second-order valence-corrected chi connectivity index (χ2v) is 38.8. The van der Waals surface area contributed by atoms with Gasteiger partial charge in [0.15, 0.2) is 0 Å². The molecular weight excluding hydrogens is 1520 g/mol. The van der Waals surface area contributed by atoms with Crippen LogP contribution in [0.3, 0.4) is 0 Å². The molecule has 15 rings (SSSR count). The summed E-state index contributed by atoms with van der Waals surface area (Å²) in [5.74, 6) is 2.32. The first kappa shape index (κ1) is 92.5. The van der Waals surface area contributed by atoms with E-state index in [4.69, 9.17) is 23.7 Å². The SMILES string of the molecule is C=C(C)[C@@H]1CC[C@](C)(O)[C@H]2Oc3c(C(=O)O)c(CCCCC)cc(O)c3[C@@H]12.C=C(C)[C@@H]1CC[C@](C)(O)[C@H]2Oc3cc(CCC)c(C(=O)O)c(O)c3[C@@H]12.C=C(C)[C@@H]1CC[C@](C)(O)[C@H]2Oc3cc(CCC)cc(O)c3[C@@H]12.C=C(C)[C@@H]1CC[C@](C)(O)[C@H]2Oc3cc(CCCCC)cc(O)c3[C@@H]12.CCCc1cc(O)c2c(c1)OC1C(C)CCC(C(C)(C)O)C21. The third-order valence-corrected chi connectivity index (χ3v) is 28.4. The number of aromatic hydroxyl groups is 5. The van der Waals surface area contributed by atoms with Crippen molar-refractivity contribution in [1.82, 2.24) is 0 Å². The Morgan fingerprint density at radius 1 is 0.408 bits per heavy atom. The Kier molecular flexibility index (Phi) is 28.3. The van der Waals surface area contributed by atoms with Crippen molar-refractivity contribution in [3.05, 3.63) is 164 Å². The summed E-state index contributed by atoms with van der Waals surface area (Å²) in [6.45, 7) is 48.0. The molecule has 0 aromatic heterocycles. The molecule has 19 nitrogen and oxygen atoms in total. The van der Waals surface area contributed by atoms with Crippen molar-refractivity contribution in [1.29, 1.82) is 0 Å². The number of hydrogen-bond acceptors (Lipinski definition) is 17. The molecule has 5 aliphatic carbocycles. The molecule has 4 unspecified atom stereocenters. The van der Waals surface area contributed by atoms with Gasteiger partial charge in [0.05, 0.1) is 28.0 Å². The van der Waals surface area contributed by atoms with Crippen molar-refractivity contribution in [2.45, 2.75) is 353 Å². The highest BCUT2D eigenvalue weighted by Gasteiger charge is 2.59. The molecule has 0 amide bonds. The highest BCUT2D eigenvalue weighted by atomic mass is 16.5. The molecule has 5 fully saturated rings. The second kappa shape index (κ2) is 36.7. The first-order valence-electron chi connectivity index (χ1n) is 44.8. The van der Waals surface area contributed by atoms with Crippen molar-refractivity contribution in [2.24, 2.45) is 35.5 Å². The van der Waals surface area contributed by atoms with Gasteiger partial charge in [0.1, 0.15) is 99.1 Å². The van der Waals surface area contributed by atoms with Crippen LogP contribution in [-0.2, 0) is 32.1 Å². The predicted molar refractivity (Wildman–Crippen MR) is 470 cm³/mol. The normalized spacial score (nSPS) is 30.7. The van der Waals surface area contributed by atoms with E-state index in [1.807, 2.05) is 86.6 Å². The fourth-order valence-corrected chi connectivity index (χ4v) is 22.2. The Balaban J connectivity index is 0.000000147. The summed E-state index contributed by atoms with van der Waals surface area (Å²) in [6.07, 6.45) is 19.3. The average molecular weight is 1660 g/mol. The lowest BCUT2D eigenvalue weighted by molar-refractivity contribution is -0.0827. The number of aromatic carboxylic acids is 2. The van der Waals surface area contributed by atoms with E-state index in [0.29, 0.717) is 89.7 Å². The molecular formula is C101H140O19. The van der Waals surface area contributed by atoms with Crippen LogP contribution in [0, 0.1) is 35.5 Å². The number of unbranched alkanes of at least 4 members (excludes halogenated alkanes) is 4. The number of aliphatic hydroxyl groups is 5. The Bertz CT molecular complexity index is 4630. The molecule has 5 saturated carbocycles. The van der Waals surface area contributed by atoms with E-state index in [9.17, 15) is 70.9 Å². The number of phenolic OH excluding ortho intramolecular Hbond substituents is 4. The van der Waals surface area contributed by atoms with Gasteiger partial charge in [-0.25, -0.2) is 9.59 Å². The summed E-state index contributed by atoms with van der Waals surface area (Å²) in [4.78, 5) is 23.8. The fourth-order valence-electron chi connectivity index (χ4n) is 22.2. The van der Waals surface area contributed by atoms with Gasteiger partial charge in [-0.05, 0) is 290 Å². The van der Waals surface area contributed by atoms with Crippen molar-refractivity contribution in [2.75, 3.05) is 0 Å². The zero-order valence-corrected chi connectivity index (χ0v) is 74.4. The molecule has 20 atom stereocenters. The van der Waals surface area contributed by atoms with Gasteiger partial charge < -0.3 is 85.0 Å². The number of carbonyl (C=O) groups is 2. The van der Waals surface area contributed by atoms with Crippen molar-refractivity contribution in [3.63, 3.8) is 0 Å². The highest BCUT2D eigenvalue weighted by molar-refractivity contribution is 5.95. The molecule has 0 saturated heterocycles. The predicted octanol–water partition coefficient (Wildman–Crippen LogP) is 20.7. The molecule has 5 aliphatic heterocycles. The molecule has 0 radical (unpaired) electrons. The maximum absolute atomic E-state index is 12.1. The quantitative estimate of drug-likeness (QED) is 0.0240. The van der Waals surface area contributed by atoms with Crippen molar-refractivity contribution in [3.8, 4) is 57.5 Å². The molecule has 0 bridgehead atoms. The van der Waals surface area contributed by atoms with Crippen LogP contribution in [-0.4, -0.2) is 132 Å². The number of carboxylic acid groups (broad SMARTS) is 2. The van der Waals surface area contributed by atoms with E-state index < -0.39 is 52.2 Å². The number of fused-ring (bicyclic) bond motifs is 15. The van der Waals surface area contributed by atoms with E-state index in [0.717, 1.165) is 176 Å². The lowest BCUT2D eigenvalue weighted by Crippen LogP contribution is -2.50. The van der Waals surface area contributed by atoms with Crippen LogP contribution in [0.25, 0.3) is 0 Å². The zero-order valence-electron chi connectivity index (χ0n) is 74.4. The summed E-state index contributed by atoms with van der Waals surface area (Å²) in [6, 6.07) is 15.1. The maximum Gasteiger partial charge on any atom is 0.339 e. The van der Waals surface area contributed by atoms with Gasteiger partial charge in [-0.3, -0.25) is 0 Å². The third kappa shape index (κ3) is 18.4. The summed E-state index contributed by atoms with van der Waals surface area (Å²) in [7, 11) is 0. The molecule has 120 heavy (non-hydrogen) atoms. The van der Waals surface area contributed by atoms with Gasteiger partial charge in [-0.15, -0.1) is 0 Å². The van der Waals surface area contributed by atoms with Crippen LogP contribution in [0.15, 0.2) is 97.1 Å². The molecule has 19 heteroatoms. The Morgan fingerprint density at radius 2 is 0.750 bits per heavy atom. The van der Waals surface area contributed by atoms with Crippen LogP contribution >= 0.6 is 0 Å². The van der Waals surface area contributed by atoms with Gasteiger partial charge in [-0.1, -0.05) is 135 Å². The lowest BCUT2D eigenvalue weighted by atomic mass is 9.65. The Morgan fingerprint density at radius 3 is 1.13 bits per heavy atom. The topological polar surface area (TPSA) is 323 Å².